The lowest BCUT2D eigenvalue weighted by Crippen LogP contribution is -2.47. The summed E-state index contributed by atoms with van der Waals surface area (Å²) < 4.78 is 0. The van der Waals surface area contributed by atoms with Crippen molar-refractivity contribution in [2.45, 2.75) is 18.9 Å². The van der Waals surface area contributed by atoms with E-state index in [1.165, 1.54) is 0 Å². The predicted molar refractivity (Wildman–Crippen MR) is 61.6 cm³/mol. The van der Waals surface area contributed by atoms with Gasteiger partial charge in [-0.1, -0.05) is 37.3 Å². The SMILES string of the molecule is C[C@@H]1CN(C)CC[C@@]1(O)c1ccccc1. The monoisotopic (exact) mass is 205 g/mol. The van der Waals surface area contributed by atoms with Crippen molar-refractivity contribution in [3.05, 3.63) is 35.9 Å². The maximum Gasteiger partial charge on any atom is 0.0946 e. The highest BCUT2D eigenvalue weighted by Crippen LogP contribution is 2.36. The molecular weight excluding hydrogens is 186 g/mol. The van der Waals surface area contributed by atoms with Crippen molar-refractivity contribution in [2.24, 2.45) is 5.92 Å². The zero-order valence-corrected chi connectivity index (χ0v) is 9.48. The van der Waals surface area contributed by atoms with Gasteiger partial charge in [0.25, 0.3) is 0 Å². The number of aliphatic hydroxyl groups is 1. The van der Waals surface area contributed by atoms with Gasteiger partial charge in [-0.25, -0.2) is 0 Å². The molecule has 15 heavy (non-hydrogen) atoms. The Labute approximate surface area is 91.5 Å². The molecule has 1 saturated heterocycles. The first-order valence-corrected chi connectivity index (χ1v) is 5.59. The lowest BCUT2D eigenvalue weighted by Gasteiger charge is -2.42. The van der Waals surface area contributed by atoms with E-state index in [4.69, 9.17) is 0 Å². The average Bonchev–Trinajstić information content (AvgIpc) is 2.25. The number of hydrogen-bond acceptors (Lipinski definition) is 2. The van der Waals surface area contributed by atoms with E-state index in [-0.39, 0.29) is 0 Å². The van der Waals surface area contributed by atoms with Gasteiger partial charge in [0.2, 0.25) is 0 Å². The minimum absolute atomic E-state index is 0.290. The summed E-state index contributed by atoms with van der Waals surface area (Å²) in [6, 6.07) is 10.0. The van der Waals surface area contributed by atoms with E-state index >= 15 is 0 Å². The third-order valence-electron chi connectivity index (χ3n) is 3.55. The van der Waals surface area contributed by atoms with E-state index in [0.717, 1.165) is 25.1 Å². The summed E-state index contributed by atoms with van der Waals surface area (Å²) in [6.45, 7) is 4.06. The summed E-state index contributed by atoms with van der Waals surface area (Å²) in [5.74, 6) is 0.290. The molecule has 1 fully saturated rings. The lowest BCUT2D eigenvalue weighted by molar-refractivity contribution is -0.0659. The first-order chi connectivity index (χ1) is 7.13. The molecule has 1 aromatic rings. The molecule has 0 aromatic heterocycles. The van der Waals surface area contributed by atoms with Crippen molar-refractivity contribution in [1.82, 2.24) is 4.90 Å². The Hall–Kier alpha value is -0.860. The van der Waals surface area contributed by atoms with Crippen molar-refractivity contribution in [1.29, 1.82) is 0 Å². The van der Waals surface area contributed by atoms with E-state index in [0.29, 0.717) is 5.92 Å². The van der Waals surface area contributed by atoms with Crippen molar-refractivity contribution in [3.63, 3.8) is 0 Å². The molecule has 0 aliphatic carbocycles. The maximum atomic E-state index is 10.7. The molecule has 2 nitrogen and oxygen atoms in total. The molecule has 0 unspecified atom stereocenters. The molecule has 1 aromatic carbocycles. The predicted octanol–water partition coefficient (Wildman–Crippen LogP) is 1.85. The highest BCUT2D eigenvalue weighted by Gasteiger charge is 2.38. The fourth-order valence-electron chi connectivity index (χ4n) is 2.47. The van der Waals surface area contributed by atoms with Gasteiger partial charge in [0.15, 0.2) is 0 Å². The van der Waals surface area contributed by atoms with Crippen LogP contribution in [0.3, 0.4) is 0 Å². The van der Waals surface area contributed by atoms with Crippen LogP contribution >= 0.6 is 0 Å². The number of benzene rings is 1. The summed E-state index contributed by atoms with van der Waals surface area (Å²) in [7, 11) is 2.11. The summed E-state index contributed by atoms with van der Waals surface area (Å²) in [5.41, 5.74) is 0.430. The molecule has 0 bridgehead atoms. The number of nitrogens with zero attached hydrogens (tertiary/aromatic N) is 1. The average molecular weight is 205 g/mol. The van der Waals surface area contributed by atoms with Gasteiger partial charge in [-0.05, 0) is 19.0 Å². The van der Waals surface area contributed by atoms with Crippen LogP contribution in [0.4, 0.5) is 0 Å². The zero-order valence-electron chi connectivity index (χ0n) is 9.48. The molecular formula is C13H19NO. The molecule has 1 heterocycles. The van der Waals surface area contributed by atoms with E-state index in [1.807, 2.05) is 30.3 Å². The first-order valence-electron chi connectivity index (χ1n) is 5.59. The third kappa shape index (κ3) is 1.92. The molecule has 0 radical (unpaired) electrons. The normalized spacial score (nSPS) is 32.9. The van der Waals surface area contributed by atoms with Crippen molar-refractivity contribution < 1.29 is 5.11 Å². The Morgan fingerprint density at radius 3 is 2.60 bits per heavy atom. The van der Waals surface area contributed by atoms with Gasteiger partial charge < -0.3 is 10.0 Å². The van der Waals surface area contributed by atoms with E-state index in [2.05, 4.69) is 18.9 Å². The van der Waals surface area contributed by atoms with Crippen LogP contribution in [0, 0.1) is 5.92 Å². The highest BCUT2D eigenvalue weighted by molar-refractivity contribution is 5.24. The van der Waals surface area contributed by atoms with E-state index in [9.17, 15) is 5.11 Å². The van der Waals surface area contributed by atoms with Crippen molar-refractivity contribution in [2.75, 3.05) is 20.1 Å². The van der Waals surface area contributed by atoms with Crippen LogP contribution in [0.25, 0.3) is 0 Å². The second-order valence-electron chi connectivity index (χ2n) is 4.70. The van der Waals surface area contributed by atoms with Crippen LogP contribution in [-0.2, 0) is 5.60 Å². The first kappa shape index (κ1) is 10.7. The molecule has 0 saturated carbocycles. The van der Waals surface area contributed by atoms with E-state index < -0.39 is 5.60 Å². The molecule has 82 valence electrons. The molecule has 1 aliphatic heterocycles. The molecule has 2 atom stereocenters. The largest absolute Gasteiger partial charge is 0.385 e. The molecule has 1 N–H and O–H groups in total. The highest BCUT2D eigenvalue weighted by atomic mass is 16.3. The number of likely N-dealkylation sites (tertiary alicyclic amines) is 1. The third-order valence-corrected chi connectivity index (χ3v) is 3.55. The fraction of sp³-hybridized carbons (Fsp3) is 0.538. The van der Waals surface area contributed by atoms with Gasteiger partial charge >= 0.3 is 0 Å². The Balaban J connectivity index is 2.27. The minimum Gasteiger partial charge on any atom is -0.385 e. The molecule has 2 rings (SSSR count). The standard InChI is InChI=1S/C13H19NO/c1-11-10-14(2)9-8-13(11,15)12-6-4-3-5-7-12/h3-7,11,15H,8-10H2,1-2H3/t11-,13+/m1/s1. The molecule has 0 amide bonds. The Kier molecular flexibility index (Phi) is 2.81. The zero-order chi connectivity index (χ0) is 10.9. The minimum atomic E-state index is -0.631. The maximum absolute atomic E-state index is 10.7. The fourth-order valence-corrected chi connectivity index (χ4v) is 2.47. The topological polar surface area (TPSA) is 23.5 Å². The number of piperidine rings is 1. The molecule has 0 spiro atoms. The van der Waals surface area contributed by atoms with Crippen LogP contribution < -0.4 is 0 Å². The second-order valence-corrected chi connectivity index (χ2v) is 4.70. The van der Waals surface area contributed by atoms with Crippen LogP contribution in [0.15, 0.2) is 30.3 Å². The van der Waals surface area contributed by atoms with Crippen LogP contribution in [-0.4, -0.2) is 30.1 Å². The van der Waals surface area contributed by atoms with Crippen LogP contribution in [0.1, 0.15) is 18.9 Å². The lowest BCUT2D eigenvalue weighted by atomic mass is 9.77. The molecule has 2 heteroatoms. The van der Waals surface area contributed by atoms with Crippen molar-refractivity contribution >= 4 is 0 Å². The van der Waals surface area contributed by atoms with Gasteiger partial charge in [0.05, 0.1) is 5.60 Å². The number of hydrogen-bond donors (Lipinski definition) is 1. The van der Waals surface area contributed by atoms with Crippen LogP contribution in [0.5, 0.6) is 0 Å². The molecule has 1 aliphatic rings. The van der Waals surface area contributed by atoms with E-state index in [1.54, 1.807) is 0 Å². The Morgan fingerprint density at radius 1 is 1.33 bits per heavy atom. The summed E-state index contributed by atoms with van der Waals surface area (Å²) in [6.07, 6.45) is 0.828. The van der Waals surface area contributed by atoms with Crippen LogP contribution in [0.2, 0.25) is 0 Å². The second kappa shape index (κ2) is 3.95. The van der Waals surface area contributed by atoms with Gasteiger partial charge in [-0.15, -0.1) is 0 Å². The smallest absolute Gasteiger partial charge is 0.0946 e. The Morgan fingerprint density at radius 2 is 2.00 bits per heavy atom. The van der Waals surface area contributed by atoms with Gasteiger partial charge in [-0.2, -0.15) is 0 Å². The summed E-state index contributed by atoms with van der Waals surface area (Å²) >= 11 is 0. The van der Waals surface area contributed by atoms with Gasteiger partial charge in [-0.3, -0.25) is 0 Å². The quantitative estimate of drug-likeness (QED) is 0.756. The summed E-state index contributed by atoms with van der Waals surface area (Å²) in [5, 5.41) is 10.7. The van der Waals surface area contributed by atoms with Gasteiger partial charge in [0.1, 0.15) is 0 Å². The summed E-state index contributed by atoms with van der Waals surface area (Å²) in [4.78, 5) is 2.28. The van der Waals surface area contributed by atoms with Crippen molar-refractivity contribution in [3.8, 4) is 0 Å². The number of rotatable bonds is 1. The Bertz CT molecular complexity index is 325. The van der Waals surface area contributed by atoms with Gasteiger partial charge in [0, 0.05) is 19.0 Å².